The Morgan fingerprint density at radius 2 is 1.61 bits per heavy atom. The van der Waals surface area contributed by atoms with E-state index >= 15 is 0 Å². The Hall–Kier alpha value is -2.60. The van der Waals surface area contributed by atoms with Gasteiger partial charge in [0.1, 0.15) is 5.82 Å². The SMILES string of the molecule is O=C(NC1CC1)c1ccc(N2[C@@H]3CC[C@H]2C[C@@H](NC(=O)C2(c4ccc(Cl)cc4)CC2)C3)nc1. The lowest BCUT2D eigenvalue weighted by molar-refractivity contribution is -0.124. The molecule has 4 aliphatic rings. The van der Waals surface area contributed by atoms with Crippen LogP contribution in [0.5, 0.6) is 0 Å². The third-order valence-electron chi connectivity index (χ3n) is 7.84. The highest BCUT2D eigenvalue weighted by Crippen LogP contribution is 2.49. The number of benzene rings is 1. The summed E-state index contributed by atoms with van der Waals surface area (Å²) in [6.45, 7) is 0. The largest absolute Gasteiger partial charge is 0.352 e. The second-order valence-electron chi connectivity index (χ2n) is 10.2. The van der Waals surface area contributed by atoms with Crippen molar-refractivity contribution >= 4 is 29.2 Å². The van der Waals surface area contributed by atoms with Gasteiger partial charge in [-0.05, 0) is 81.2 Å². The minimum atomic E-state index is -0.376. The zero-order valence-corrected chi connectivity index (χ0v) is 19.4. The van der Waals surface area contributed by atoms with E-state index in [4.69, 9.17) is 11.6 Å². The predicted octanol–water partition coefficient (Wildman–Crippen LogP) is 3.98. The molecule has 2 bridgehead atoms. The van der Waals surface area contributed by atoms with Crippen LogP contribution in [0.4, 0.5) is 5.82 Å². The first kappa shape index (κ1) is 21.0. The summed E-state index contributed by atoms with van der Waals surface area (Å²) in [6, 6.07) is 12.9. The number of hydrogen-bond acceptors (Lipinski definition) is 4. The highest BCUT2D eigenvalue weighted by Gasteiger charge is 2.52. The molecule has 172 valence electrons. The molecule has 1 aromatic carbocycles. The number of fused-ring (bicyclic) bond motifs is 2. The van der Waals surface area contributed by atoms with Crippen LogP contribution in [0.1, 0.15) is 67.3 Å². The third kappa shape index (κ3) is 3.99. The van der Waals surface area contributed by atoms with Gasteiger partial charge in [-0.15, -0.1) is 0 Å². The molecule has 0 radical (unpaired) electrons. The molecule has 6 nitrogen and oxygen atoms in total. The van der Waals surface area contributed by atoms with E-state index in [2.05, 4.69) is 20.5 Å². The smallest absolute Gasteiger partial charge is 0.253 e. The van der Waals surface area contributed by atoms with Crippen LogP contribution in [0.15, 0.2) is 42.6 Å². The molecule has 4 fully saturated rings. The van der Waals surface area contributed by atoms with Crippen LogP contribution in [0.25, 0.3) is 0 Å². The highest BCUT2D eigenvalue weighted by molar-refractivity contribution is 6.30. The standard InChI is InChI=1S/C26H29ClN4O2/c27-18-4-2-17(3-5-18)26(11-12-26)25(33)30-20-13-21-8-9-22(14-20)31(21)23-10-1-16(15-28-23)24(32)29-19-6-7-19/h1-5,10,15,19-22H,6-9,11-14H2,(H,29,32)(H,30,33)/t20-,21+,22-. The Balaban J connectivity index is 1.10. The van der Waals surface area contributed by atoms with Crippen LogP contribution in [-0.2, 0) is 10.2 Å². The molecule has 2 aliphatic carbocycles. The molecule has 33 heavy (non-hydrogen) atoms. The normalized spacial score (nSPS) is 27.2. The molecule has 0 spiro atoms. The predicted molar refractivity (Wildman–Crippen MR) is 128 cm³/mol. The molecule has 2 amide bonds. The lowest BCUT2D eigenvalue weighted by Gasteiger charge is -2.40. The lowest BCUT2D eigenvalue weighted by atomic mass is 9.92. The first-order valence-electron chi connectivity index (χ1n) is 12.1. The van der Waals surface area contributed by atoms with E-state index in [1.807, 2.05) is 36.4 Å². The minimum absolute atomic E-state index is 0.0318. The number of aromatic nitrogens is 1. The maximum absolute atomic E-state index is 13.2. The maximum atomic E-state index is 13.2. The number of halogens is 1. The number of rotatable bonds is 6. The Morgan fingerprint density at radius 1 is 0.909 bits per heavy atom. The first-order valence-corrected chi connectivity index (χ1v) is 12.5. The van der Waals surface area contributed by atoms with E-state index in [9.17, 15) is 9.59 Å². The van der Waals surface area contributed by atoms with Crippen LogP contribution in [0, 0.1) is 0 Å². The summed E-state index contributed by atoms with van der Waals surface area (Å²) in [5.41, 5.74) is 1.32. The fraction of sp³-hybridized carbons (Fsp3) is 0.500. The van der Waals surface area contributed by atoms with Gasteiger partial charge in [0.25, 0.3) is 5.91 Å². The average molecular weight is 465 g/mol. The van der Waals surface area contributed by atoms with Crippen LogP contribution in [0.3, 0.4) is 0 Å². The van der Waals surface area contributed by atoms with Gasteiger partial charge < -0.3 is 15.5 Å². The molecule has 1 aromatic heterocycles. The Labute approximate surface area is 199 Å². The molecule has 3 atom stereocenters. The topological polar surface area (TPSA) is 74.3 Å². The zero-order valence-electron chi connectivity index (χ0n) is 18.6. The number of hydrogen-bond donors (Lipinski definition) is 2. The Morgan fingerprint density at radius 3 is 2.18 bits per heavy atom. The van der Waals surface area contributed by atoms with Gasteiger partial charge in [-0.25, -0.2) is 4.98 Å². The van der Waals surface area contributed by atoms with E-state index in [1.165, 1.54) is 0 Å². The van der Waals surface area contributed by atoms with Crippen molar-refractivity contribution < 1.29 is 9.59 Å². The molecule has 3 heterocycles. The van der Waals surface area contributed by atoms with Gasteiger partial charge in [-0.2, -0.15) is 0 Å². The maximum Gasteiger partial charge on any atom is 0.253 e. The van der Waals surface area contributed by atoms with Crippen LogP contribution in [0.2, 0.25) is 5.02 Å². The fourth-order valence-electron chi connectivity index (χ4n) is 5.70. The highest BCUT2D eigenvalue weighted by atomic mass is 35.5. The Bertz CT molecular complexity index is 1050. The number of carbonyl (C=O) groups excluding carboxylic acids is 2. The van der Waals surface area contributed by atoms with Crippen molar-refractivity contribution in [2.75, 3.05) is 4.90 Å². The second kappa shape index (κ2) is 8.01. The summed E-state index contributed by atoms with van der Waals surface area (Å²) in [4.78, 5) is 32.6. The molecular formula is C26H29ClN4O2. The monoisotopic (exact) mass is 464 g/mol. The summed E-state index contributed by atoms with van der Waals surface area (Å²) in [5.74, 6) is 1.07. The van der Waals surface area contributed by atoms with Gasteiger partial charge in [0.05, 0.1) is 11.0 Å². The average Bonchev–Trinajstić information content (AvgIpc) is 3.73. The van der Waals surface area contributed by atoms with Crippen molar-refractivity contribution in [1.29, 1.82) is 0 Å². The van der Waals surface area contributed by atoms with Gasteiger partial charge in [-0.3, -0.25) is 9.59 Å². The van der Waals surface area contributed by atoms with Gasteiger partial charge in [0.2, 0.25) is 5.91 Å². The number of nitrogens with zero attached hydrogens (tertiary/aromatic N) is 2. The van der Waals surface area contributed by atoms with Crippen LogP contribution in [-0.4, -0.2) is 41.0 Å². The van der Waals surface area contributed by atoms with Gasteiger partial charge in [0.15, 0.2) is 0 Å². The zero-order chi connectivity index (χ0) is 22.6. The first-order chi connectivity index (χ1) is 16.0. The molecule has 2 N–H and O–H groups in total. The number of carbonyl (C=O) groups is 2. The number of pyridine rings is 1. The molecule has 6 rings (SSSR count). The van der Waals surface area contributed by atoms with Crippen molar-refractivity contribution in [1.82, 2.24) is 15.6 Å². The number of nitrogens with one attached hydrogen (secondary N) is 2. The van der Waals surface area contributed by atoms with Crippen molar-refractivity contribution in [3.05, 3.63) is 58.7 Å². The van der Waals surface area contributed by atoms with Gasteiger partial charge in [-0.1, -0.05) is 23.7 Å². The molecular weight excluding hydrogens is 436 g/mol. The lowest BCUT2D eigenvalue weighted by Crippen LogP contribution is -2.52. The minimum Gasteiger partial charge on any atom is -0.352 e. The summed E-state index contributed by atoms with van der Waals surface area (Å²) in [6.07, 6.45) is 9.75. The number of anilines is 1. The molecule has 7 heteroatoms. The Kier molecular flexibility index (Phi) is 5.09. The second-order valence-corrected chi connectivity index (χ2v) is 10.6. The van der Waals surface area contributed by atoms with Gasteiger partial charge in [0, 0.05) is 35.4 Å². The summed E-state index contributed by atoms with van der Waals surface area (Å²) in [5, 5.41) is 7.10. The van der Waals surface area contributed by atoms with E-state index in [1.54, 1.807) is 6.20 Å². The molecule has 0 unspecified atom stereocenters. The van der Waals surface area contributed by atoms with Gasteiger partial charge >= 0.3 is 0 Å². The van der Waals surface area contributed by atoms with E-state index in [0.29, 0.717) is 28.7 Å². The van der Waals surface area contributed by atoms with Crippen molar-refractivity contribution in [3.8, 4) is 0 Å². The molecule has 2 saturated carbocycles. The van der Waals surface area contributed by atoms with E-state index in [-0.39, 0.29) is 23.3 Å². The summed E-state index contributed by atoms with van der Waals surface area (Å²) < 4.78 is 0. The number of piperidine rings is 1. The fourth-order valence-corrected chi connectivity index (χ4v) is 5.83. The van der Waals surface area contributed by atoms with Crippen molar-refractivity contribution in [2.45, 2.75) is 80.9 Å². The molecule has 2 aromatic rings. The van der Waals surface area contributed by atoms with E-state index in [0.717, 1.165) is 62.7 Å². The number of amides is 2. The van der Waals surface area contributed by atoms with E-state index < -0.39 is 0 Å². The summed E-state index contributed by atoms with van der Waals surface area (Å²) in [7, 11) is 0. The van der Waals surface area contributed by atoms with Crippen LogP contribution < -0.4 is 15.5 Å². The van der Waals surface area contributed by atoms with Crippen LogP contribution >= 0.6 is 11.6 Å². The molecule has 2 saturated heterocycles. The van der Waals surface area contributed by atoms with Crippen molar-refractivity contribution in [2.24, 2.45) is 0 Å². The third-order valence-corrected chi connectivity index (χ3v) is 8.09. The van der Waals surface area contributed by atoms with Crippen molar-refractivity contribution in [3.63, 3.8) is 0 Å². The summed E-state index contributed by atoms with van der Waals surface area (Å²) >= 11 is 6.04. The molecule has 2 aliphatic heterocycles. The quantitative estimate of drug-likeness (QED) is 0.678.